The van der Waals surface area contributed by atoms with Gasteiger partial charge in [0.2, 0.25) is 0 Å². The third-order valence-corrected chi connectivity index (χ3v) is 6.72. The van der Waals surface area contributed by atoms with Gasteiger partial charge in [-0.2, -0.15) is 0 Å². The molecule has 1 nitrogen and oxygen atoms in total. The van der Waals surface area contributed by atoms with Crippen LogP contribution in [0.15, 0.2) is 37.0 Å². The lowest BCUT2D eigenvalue weighted by atomic mass is 10.0. The van der Waals surface area contributed by atoms with E-state index in [-0.39, 0.29) is 6.04 Å². The summed E-state index contributed by atoms with van der Waals surface area (Å²) >= 11 is 12.2. The first-order valence-electron chi connectivity index (χ1n) is 4.95. The number of benzene rings is 1. The molecule has 2 rings (SSSR count). The van der Waals surface area contributed by atoms with Gasteiger partial charge in [-0.3, -0.25) is 0 Å². The second-order valence-corrected chi connectivity index (χ2v) is 7.87. The van der Waals surface area contributed by atoms with Gasteiger partial charge in [-0.15, -0.1) is 11.3 Å². The number of rotatable bonds is 2. The van der Waals surface area contributed by atoms with E-state index in [0.29, 0.717) is 0 Å². The fourth-order valence-electron chi connectivity index (χ4n) is 1.48. The van der Waals surface area contributed by atoms with Gasteiger partial charge in [0.25, 0.3) is 0 Å². The van der Waals surface area contributed by atoms with E-state index < -0.39 is 0 Å². The molecule has 5 heteroatoms. The van der Waals surface area contributed by atoms with Crippen molar-refractivity contribution in [2.24, 2.45) is 5.73 Å². The number of thiophene rings is 1. The number of hydrogen-bond donors (Lipinski definition) is 1. The Morgan fingerprint density at radius 2 is 1.82 bits per heavy atom. The van der Waals surface area contributed by atoms with E-state index in [2.05, 4.69) is 79.0 Å². The minimum absolute atomic E-state index is 0.0838. The molecular formula is C12H10Br3NS. The van der Waals surface area contributed by atoms with Crippen LogP contribution in [0.4, 0.5) is 0 Å². The zero-order chi connectivity index (χ0) is 12.6. The Labute approximate surface area is 130 Å². The summed E-state index contributed by atoms with van der Waals surface area (Å²) in [5, 5.41) is 0. The second kappa shape index (κ2) is 5.53. The van der Waals surface area contributed by atoms with Crippen molar-refractivity contribution in [1.29, 1.82) is 0 Å². The van der Waals surface area contributed by atoms with Gasteiger partial charge >= 0.3 is 0 Å². The summed E-state index contributed by atoms with van der Waals surface area (Å²) < 4.78 is 3.23. The van der Waals surface area contributed by atoms with Gasteiger partial charge in [0, 0.05) is 13.8 Å². The van der Waals surface area contributed by atoms with Crippen LogP contribution in [0.2, 0.25) is 0 Å². The predicted molar refractivity (Wildman–Crippen MR) is 84.6 cm³/mol. The Hall–Kier alpha value is 0.320. The fourth-order valence-corrected chi connectivity index (χ4v) is 4.00. The highest BCUT2D eigenvalue weighted by atomic mass is 79.9. The lowest BCUT2D eigenvalue weighted by Gasteiger charge is -2.11. The SMILES string of the molecule is Cc1ccc(C(N)c2cc(Br)c(Br)s2)cc1Br. The van der Waals surface area contributed by atoms with Crippen molar-refractivity contribution in [3.8, 4) is 0 Å². The summed E-state index contributed by atoms with van der Waals surface area (Å²) in [6.07, 6.45) is 0. The highest BCUT2D eigenvalue weighted by molar-refractivity contribution is 9.13. The molecule has 0 spiro atoms. The van der Waals surface area contributed by atoms with Crippen LogP contribution in [0.25, 0.3) is 0 Å². The number of aryl methyl sites for hydroxylation is 1. The van der Waals surface area contributed by atoms with Crippen LogP contribution in [0.3, 0.4) is 0 Å². The first kappa shape index (κ1) is 13.7. The Balaban J connectivity index is 2.36. The monoisotopic (exact) mass is 437 g/mol. The second-order valence-electron chi connectivity index (χ2n) is 3.76. The molecule has 0 aliphatic heterocycles. The smallest absolute Gasteiger partial charge is 0.0843 e. The molecule has 1 aromatic carbocycles. The molecule has 0 radical (unpaired) electrons. The molecule has 0 aliphatic rings. The summed E-state index contributed by atoms with van der Waals surface area (Å²) in [7, 11) is 0. The van der Waals surface area contributed by atoms with Gasteiger partial charge < -0.3 is 5.73 Å². The van der Waals surface area contributed by atoms with E-state index in [1.807, 2.05) is 0 Å². The maximum Gasteiger partial charge on any atom is 0.0843 e. The van der Waals surface area contributed by atoms with E-state index in [4.69, 9.17) is 5.73 Å². The van der Waals surface area contributed by atoms with Crippen LogP contribution in [0.1, 0.15) is 22.0 Å². The molecule has 1 unspecified atom stereocenters. The van der Waals surface area contributed by atoms with Crippen LogP contribution in [0.5, 0.6) is 0 Å². The largest absolute Gasteiger partial charge is 0.320 e. The quantitative estimate of drug-likeness (QED) is 0.666. The van der Waals surface area contributed by atoms with Crippen molar-refractivity contribution in [3.63, 3.8) is 0 Å². The Kier molecular flexibility index (Phi) is 4.47. The van der Waals surface area contributed by atoms with E-state index in [0.717, 1.165) is 23.2 Å². The molecule has 1 heterocycles. The molecule has 90 valence electrons. The summed E-state index contributed by atoms with van der Waals surface area (Å²) in [5.74, 6) is 0. The van der Waals surface area contributed by atoms with E-state index >= 15 is 0 Å². The highest BCUT2D eigenvalue weighted by Gasteiger charge is 2.14. The zero-order valence-corrected chi connectivity index (χ0v) is 14.6. The Morgan fingerprint density at radius 3 is 2.35 bits per heavy atom. The first-order chi connectivity index (χ1) is 7.99. The average molecular weight is 440 g/mol. The van der Waals surface area contributed by atoms with Crippen molar-refractivity contribution >= 4 is 59.1 Å². The van der Waals surface area contributed by atoms with E-state index in [1.165, 1.54) is 5.56 Å². The van der Waals surface area contributed by atoms with E-state index in [1.54, 1.807) is 11.3 Å². The van der Waals surface area contributed by atoms with Gasteiger partial charge in [0.05, 0.1) is 9.83 Å². The molecule has 0 aliphatic carbocycles. The zero-order valence-electron chi connectivity index (χ0n) is 9.01. The summed E-state index contributed by atoms with van der Waals surface area (Å²) in [6, 6.07) is 8.22. The predicted octanol–water partition coefficient (Wildman–Crippen LogP) is 5.39. The standard InChI is InChI=1S/C12H10Br3NS/c1-6-2-3-7(4-8(6)13)11(16)10-5-9(14)12(15)17-10/h2-5,11H,16H2,1H3. The minimum atomic E-state index is -0.0838. The van der Waals surface area contributed by atoms with Gasteiger partial charge in [-0.1, -0.05) is 28.1 Å². The molecule has 0 bridgehead atoms. The minimum Gasteiger partial charge on any atom is -0.320 e. The van der Waals surface area contributed by atoms with Crippen molar-refractivity contribution in [3.05, 3.63) is 53.0 Å². The van der Waals surface area contributed by atoms with Crippen molar-refractivity contribution in [2.45, 2.75) is 13.0 Å². The molecule has 2 aromatic rings. The summed E-state index contributed by atoms with van der Waals surface area (Å²) in [5.41, 5.74) is 8.60. The van der Waals surface area contributed by atoms with Gasteiger partial charge in [0.1, 0.15) is 0 Å². The lowest BCUT2D eigenvalue weighted by Crippen LogP contribution is -2.10. The van der Waals surface area contributed by atoms with E-state index in [9.17, 15) is 0 Å². The molecule has 0 saturated carbocycles. The van der Waals surface area contributed by atoms with Gasteiger partial charge in [-0.05, 0) is 62.0 Å². The molecule has 2 N–H and O–H groups in total. The Bertz CT molecular complexity index is 531. The molecule has 1 atom stereocenters. The van der Waals surface area contributed by atoms with Crippen LogP contribution >= 0.6 is 59.1 Å². The number of halogens is 3. The van der Waals surface area contributed by atoms with Crippen LogP contribution in [-0.2, 0) is 0 Å². The molecular weight excluding hydrogens is 430 g/mol. The van der Waals surface area contributed by atoms with Gasteiger partial charge in [-0.25, -0.2) is 0 Å². The normalized spacial score (nSPS) is 12.8. The lowest BCUT2D eigenvalue weighted by molar-refractivity contribution is 0.891. The summed E-state index contributed by atoms with van der Waals surface area (Å²) in [4.78, 5) is 1.14. The first-order valence-corrected chi connectivity index (χ1v) is 8.15. The van der Waals surface area contributed by atoms with Crippen LogP contribution in [-0.4, -0.2) is 0 Å². The Morgan fingerprint density at radius 1 is 1.12 bits per heavy atom. The maximum absolute atomic E-state index is 6.27. The topological polar surface area (TPSA) is 26.0 Å². The van der Waals surface area contributed by atoms with Crippen LogP contribution < -0.4 is 5.73 Å². The number of nitrogens with two attached hydrogens (primary N) is 1. The summed E-state index contributed by atoms with van der Waals surface area (Å²) in [6.45, 7) is 2.07. The molecule has 1 aromatic heterocycles. The molecule has 17 heavy (non-hydrogen) atoms. The number of hydrogen-bond acceptors (Lipinski definition) is 2. The third kappa shape index (κ3) is 3.01. The molecule has 0 saturated heterocycles. The van der Waals surface area contributed by atoms with Crippen LogP contribution in [0, 0.1) is 6.92 Å². The highest BCUT2D eigenvalue weighted by Crippen LogP contribution is 2.37. The van der Waals surface area contributed by atoms with Crippen molar-refractivity contribution in [2.75, 3.05) is 0 Å². The van der Waals surface area contributed by atoms with Gasteiger partial charge in [0.15, 0.2) is 0 Å². The average Bonchev–Trinajstić information content (AvgIpc) is 2.62. The molecule has 0 fully saturated rings. The molecule has 0 amide bonds. The van der Waals surface area contributed by atoms with Crippen molar-refractivity contribution < 1.29 is 0 Å². The third-order valence-electron chi connectivity index (χ3n) is 2.53. The van der Waals surface area contributed by atoms with Crippen molar-refractivity contribution in [1.82, 2.24) is 0 Å². The maximum atomic E-state index is 6.27. The fraction of sp³-hybridized carbons (Fsp3) is 0.167.